The fraction of sp³-hybridized carbons (Fsp3) is 0.200. The quantitative estimate of drug-likeness (QED) is 0.682. The summed E-state index contributed by atoms with van der Waals surface area (Å²) in [5.74, 6) is -0.577. The number of hydrogen-bond donors (Lipinski definition) is 0. The molecule has 1 aromatic carbocycles. The minimum Gasteiger partial charge on any atom is -0.296 e. The molecular formula is C10H8ClNO3. The summed E-state index contributed by atoms with van der Waals surface area (Å²) in [5, 5.41) is 1.62. The van der Waals surface area contributed by atoms with Crippen molar-refractivity contribution in [1.29, 1.82) is 0 Å². The molecule has 0 saturated carbocycles. The standard InChI is InChI=1S/C10H8ClNO3/c11-7-2-1-3-8(4-7)12-10(14)5-9(13)6-15-12/h1-4H,5-6H2. The van der Waals surface area contributed by atoms with E-state index >= 15 is 0 Å². The second kappa shape index (κ2) is 4.00. The number of hydrogen-bond acceptors (Lipinski definition) is 3. The number of amides is 1. The maximum absolute atomic E-state index is 11.5. The lowest BCUT2D eigenvalue weighted by atomic mass is 10.2. The summed E-state index contributed by atoms with van der Waals surface area (Å²) in [4.78, 5) is 27.4. The van der Waals surface area contributed by atoms with Gasteiger partial charge in [-0.15, -0.1) is 0 Å². The molecule has 0 atom stereocenters. The van der Waals surface area contributed by atoms with Gasteiger partial charge in [-0.3, -0.25) is 14.4 Å². The molecule has 78 valence electrons. The maximum Gasteiger partial charge on any atom is 0.258 e. The van der Waals surface area contributed by atoms with E-state index in [2.05, 4.69) is 0 Å². The van der Waals surface area contributed by atoms with Crippen molar-refractivity contribution in [3.05, 3.63) is 29.3 Å². The largest absolute Gasteiger partial charge is 0.296 e. The van der Waals surface area contributed by atoms with E-state index in [4.69, 9.17) is 16.4 Å². The number of carbonyl (C=O) groups is 2. The molecule has 1 aliphatic rings. The maximum atomic E-state index is 11.5. The van der Waals surface area contributed by atoms with Crippen LogP contribution >= 0.6 is 11.6 Å². The highest BCUT2D eigenvalue weighted by molar-refractivity contribution is 6.30. The van der Waals surface area contributed by atoms with E-state index in [-0.39, 0.29) is 24.7 Å². The Kier molecular flexibility index (Phi) is 2.70. The molecule has 0 N–H and O–H groups in total. The van der Waals surface area contributed by atoms with Crippen LogP contribution < -0.4 is 5.06 Å². The molecule has 1 amide bonds. The number of Topliss-reactive ketones (excluding diaryl/α,β-unsaturated/α-hetero) is 1. The highest BCUT2D eigenvalue weighted by Crippen LogP contribution is 2.22. The van der Waals surface area contributed by atoms with Crippen molar-refractivity contribution < 1.29 is 14.4 Å². The Bertz CT molecular complexity index is 419. The van der Waals surface area contributed by atoms with Crippen molar-refractivity contribution in [2.24, 2.45) is 0 Å². The van der Waals surface area contributed by atoms with Crippen molar-refractivity contribution in [2.45, 2.75) is 6.42 Å². The molecule has 5 heteroatoms. The first-order valence-corrected chi connectivity index (χ1v) is 4.78. The number of halogens is 1. The van der Waals surface area contributed by atoms with E-state index < -0.39 is 0 Å². The van der Waals surface area contributed by atoms with Gasteiger partial charge in [-0.2, -0.15) is 5.06 Å². The van der Waals surface area contributed by atoms with Crippen LogP contribution in [0.3, 0.4) is 0 Å². The predicted octanol–water partition coefficient (Wildman–Crippen LogP) is 1.58. The van der Waals surface area contributed by atoms with Gasteiger partial charge in [0.2, 0.25) is 0 Å². The fourth-order valence-electron chi connectivity index (χ4n) is 1.32. The van der Waals surface area contributed by atoms with Gasteiger partial charge in [0.05, 0.1) is 12.1 Å². The number of anilines is 1. The third-order valence-corrected chi connectivity index (χ3v) is 2.21. The number of hydroxylamine groups is 1. The van der Waals surface area contributed by atoms with Crippen LogP contribution in [0.4, 0.5) is 5.69 Å². The summed E-state index contributed by atoms with van der Waals surface area (Å²) < 4.78 is 0. The van der Waals surface area contributed by atoms with E-state index in [1.54, 1.807) is 24.3 Å². The SMILES string of the molecule is O=C1CON(c2cccc(Cl)c2)C(=O)C1. The van der Waals surface area contributed by atoms with Crippen molar-refractivity contribution in [2.75, 3.05) is 11.7 Å². The fourth-order valence-corrected chi connectivity index (χ4v) is 1.51. The van der Waals surface area contributed by atoms with Gasteiger partial charge < -0.3 is 0 Å². The van der Waals surface area contributed by atoms with Gasteiger partial charge in [0.1, 0.15) is 6.61 Å². The average Bonchev–Trinajstić information content (AvgIpc) is 2.17. The predicted molar refractivity (Wildman–Crippen MR) is 54.5 cm³/mol. The van der Waals surface area contributed by atoms with Gasteiger partial charge >= 0.3 is 0 Å². The first-order chi connectivity index (χ1) is 7.16. The Hall–Kier alpha value is -1.39. The Morgan fingerprint density at radius 2 is 2.13 bits per heavy atom. The van der Waals surface area contributed by atoms with Crippen molar-refractivity contribution >= 4 is 29.0 Å². The molecular weight excluding hydrogens is 218 g/mol. The Morgan fingerprint density at radius 1 is 1.33 bits per heavy atom. The van der Waals surface area contributed by atoms with Crippen LogP contribution in [0.5, 0.6) is 0 Å². The Labute approximate surface area is 91.3 Å². The van der Waals surface area contributed by atoms with E-state index in [1.807, 2.05) is 0 Å². The second-order valence-electron chi connectivity index (χ2n) is 3.16. The average molecular weight is 226 g/mol. The number of carbonyl (C=O) groups excluding carboxylic acids is 2. The highest BCUT2D eigenvalue weighted by atomic mass is 35.5. The van der Waals surface area contributed by atoms with Crippen LogP contribution in [-0.4, -0.2) is 18.3 Å². The topological polar surface area (TPSA) is 46.6 Å². The summed E-state index contributed by atoms with van der Waals surface area (Å²) >= 11 is 5.78. The summed E-state index contributed by atoms with van der Waals surface area (Å²) in [6.45, 7) is -0.0712. The molecule has 4 nitrogen and oxygen atoms in total. The summed E-state index contributed by atoms with van der Waals surface area (Å²) in [5.41, 5.74) is 0.542. The van der Waals surface area contributed by atoms with Crippen LogP contribution in [0.1, 0.15) is 6.42 Å². The molecule has 0 aromatic heterocycles. The van der Waals surface area contributed by atoms with Gasteiger partial charge in [0, 0.05) is 5.02 Å². The van der Waals surface area contributed by atoms with Gasteiger partial charge in [0.25, 0.3) is 5.91 Å². The van der Waals surface area contributed by atoms with Crippen LogP contribution in [0.2, 0.25) is 5.02 Å². The van der Waals surface area contributed by atoms with E-state index in [0.717, 1.165) is 5.06 Å². The second-order valence-corrected chi connectivity index (χ2v) is 3.59. The molecule has 0 radical (unpaired) electrons. The van der Waals surface area contributed by atoms with Gasteiger partial charge in [-0.25, -0.2) is 0 Å². The third kappa shape index (κ3) is 2.16. The lowest BCUT2D eigenvalue weighted by Crippen LogP contribution is -2.40. The van der Waals surface area contributed by atoms with Gasteiger partial charge in [0.15, 0.2) is 5.78 Å². The molecule has 0 unspecified atom stereocenters. The number of ketones is 1. The van der Waals surface area contributed by atoms with E-state index in [1.165, 1.54) is 0 Å². The number of benzene rings is 1. The van der Waals surface area contributed by atoms with Crippen molar-refractivity contribution in [1.82, 2.24) is 0 Å². The van der Waals surface area contributed by atoms with Crippen LogP contribution in [-0.2, 0) is 14.4 Å². The van der Waals surface area contributed by atoms with Crippen LogP contribution in [0, 0.1) is 0 Å². The monoisotopic (exact) mass is 225 g/mol. The van der Waals surface area contributed by atoms with Crippen LogP contribution in [0.15, 0.2) is 24.3 Å². The normalized spacial score (nSPS) is 17.0. The third-order valence-electron chi connectivity index (χ3n) is 1.97. The van der Waals surface area contributed by atoms with E-state index in [0.29, 0.717) is 10.7 Å². The van der Waals surface area contributed by atoms with Crippen molar-refractivity contribution in [3.63, 3.8) is 0 Å². The molecule has 0 aliphatic carbocycles. The number of rotatable bonds is 1. The van der Waals surface area contributed by atoms with E-state index in [9.17, 15) is 9.59 Å². The summed E-state index contributed by atoms with van der Waals surface area (Å²) in [7, 11) is 0. The summed E-state index contributed by atoms with van der Waals surface area (Å²) in [6.07, 6.45) is -0.119. The molecule has 1 aliphatic heterocycles. The minimum absolute atomic E-state index is 0.0712. The Morgan fingerprint density at radius 3 is 2.80 bits per heavy atom. The zero-order valence-electron chi connectivity index (χ0n) is 7.77. The van der Waals surface area contributed by atoms with Gasteiger partial charge in [-0.1, -0.05) is 17.7 Å². The molecule has 1 aromatic rings. The summed E-state index contributed by atoms with van der Waals surface area (Å²) in [6, 6.07) is 6.71. The molecule has 1 saturated heterocycles. The van der Waals surface area contributed by atoms with Gasteiger partial charge in [-0.05, 0) is 18.2 Å². The molecule has 15 heavy (non-hydrogen) atoms. The minimum atomic E-state index is -0.367. The lowest BCUT2D eigenvalue weighted by molar-refractivity contribution is -0.141. The molecule has 0 spiro atoms. The Balaban J connectivity index is 2.24. The van der Waals surface area contributed by atoms with Crippen molar-refractivity contribution in [3.8, 4) is 0 Å². The molecule has 1 fully saturated rings. The molecule has 0 bridgehead atoms. The highest BCUT2D eigenvalue weighted by Gasteiger charge is 2.26. The number of nitrogens with zero attached hydrogens (tertiary/aromatic N) is 1. The zero-order valence-corrected chi connectivity index (χ0v) is 8.53. The zero-order chi connectivity index (χ0) is 10.8. The first kappa shape index (κ1) is 10.1. The molecule has 1 heterocycles. The molecule has 2 rings (SSSR count). The van der Waals surface area contributed by atoms with Crippen LogP contribution in [0.25, 0.3) is 0 Å². The first-order valence-electron chi connectivity index (χ1n) is 4.40. The lowest BCUT2D eigenvalue weighted by Gasteiger charge is -2.25. The smallest absolute Gasteiger partial charge is 0.258 e.